The maximum Gasteiger partial charge on any atom is 0.214 e. The van der Waals surface area contributed by atoms with Gasteiger partial charge in [0.1, 0.15) is 16.8 Å². The van der Waals surface area contributed by atoms with E-state index in [-0.39, 0.29) is 0 Å². The summed E-state index contributed by atoms with van der Waals surface area (Å²) in [7, 11) is 0. The molecule has 1 aromatic carbocycles. The van der Waals surface area contributed by atoms with Crippen LogP contribution in [0.25, 0.3) is 26.9 Å². The summed E-state index contributed by atoms with van der Waals surface area (Å²) in [4.78, 5) is 9.52. The monoisotopic (exact) mass is 317 g/mol. The zero-order chi connectivity index (χ0) is 15.8. The Bertz CT molecular complexity index is 1040. The van der Waals surface area contributed by atoms with Gasteiger partial charge in [-0.05, 0) is 25.1 Å². The van der Waals surface area contributed by atoms with Crippen molar-refractivity contribution in [2.45, 2.75) is 6.92 Å². The number of benzene rings is 1. The van der Waals surface area contributed by atoms with Crippen molar-refractivity contribution in [1.29, 1.82) is 5.26 Å². The molecule has 0 spiro atoms. The van der Waals surface area contributed by atoms with Crippen LogP contribution in [0.4, 0.5) is 0 Å². The minimum absolute atomic E-state index is 0.411. The fraction of sp³-hybridized carbons (Fsp3) is 0.0588. The van der Waals surface area contributed by atoms with E-state index >= 15 is 0 Å². The van der Waals surface area contributed by atoms with E-state index in [4.69, 9.17) is 0 Å². The van der Waals surface area contributed by atoms with Gasteiger partial charge in [0.05, 0.1) is 5.69 Å². The topological polar surface area (TPSA) is 66.9 Å². The summed E-state index contributed by atoms with van der Waals surface area (Å²) in [6, 6.07) is 15.9. The molecular weight excluding hydrogens is 306 g/mol. The maximum absolute atomic E-state index is 9.52. The van der Waals surface area contributed by atoms with Gasteiger partial charge in [0.2, 0.25) is 4.96 Å². The van der Waals surface area contributed by atoms with Gasteiger partial charge in [-0.15, -0.1) is 0 Å². The van der Waals surface area contributed by atoms with Crippen LogP contribution in [0, 0.1) is 18.3 Å². The highest BCUT2D eigenvalue weighted by Crippen LogP contribution is 2.30. The van der Waals surface area contributed by atoms with Gasteiger partial charge >= 0.3 is 0 Å². The van der Waals surface area contributed by atoms with Crippen molar-refractivity contribution >= 4 is 16.3 Å². The van der Waals surface area contributed by atoms with Crippen molar-refractivity contribution in [1.82, 2.24) is 19.6 Å². The first kappa shape index (κ1) is 13.6. The molecule has 3 heterocycles. The third kappa shape index (κ3) is 2.28. The minimum Gasteiger partial charge on any atom is -0.255 e. The lowest BCUT2D eigenvalue weighted by molar-refractivity contribution is 0.960. The summed E-state index contributed by atoms with van der Waals surface area (Å²) in [5, 5.41) is 14.9. The van der Waals surface area contributed by atoms with Gasteiger partial charge < -0.3 is 0 Å². The number of nitrogens with zero attached hydrogens (tertiary/aromatic N) is 5. The second-order valence-corrected chi connectivity index (χ2v) is 6.06. The van der Waals surface area contributed by atoms with Gasteiger partial charge in [-0.2, -0.15) is 14.9 Å². The fourth-order valence-electron chi connectivity index (χ4n) is 2.42. The summed E-state index contributed by atoms with van der Waals surface area (Å²) in [6.45, 7) is 2.04. The van der Waals surface area contributed by atoms with Crippen LogP contribution in [-0.4, -0.2) is 19.6 Å². The first-order chi connectivity index (χ1) is 11.3. The normalized spacial score (nSPS) is 10.8. The molecule has 0 unspecified atom stereocenters. The Labute approximate surface area is 136 Å². The van der Waals surface area contributed by atoms with Crippen molar-refractivity contribution in [3.63, 3.8) is 0 Å². The molecule has 0 atom stereocenters. The molecule has 0 amide bonds. The van der Waals surface area contributed by atoms with Gasteiger partial charge in [0.25, 0.3) is 0 Å². The first-order valence-corrected chi connectivity index (χ1v) is 7.86. The molecular formula is C17H11N5S. The number of imidazole rings is 1. The highest BCUT2D eigenvalue weighted by molar-refractivity contribution is 7.19. The molecule has 0 aliphatic heterocycles. The summed E-state index contributed by atoms with van der Waals surface area (Å²) >= 11 is 1.47. The summed E-state index contributed by atoms with van der Waals surface area (Å²) in [6.07, 6.45) is 1.69. The number of pyridine rings is 1. The van der Waals surface area contributed by atoms with Gasteiger partial charge in [0, 0.05) is 11.8 Å². The largest absolute Gasteiger partial charge is 0.255 e. The van der Waals surface area contributed by atoms with Crippen molar-refractivity contribution in [2.24, 2.45) is 0 Å². The van der Waals surface area contributed by atoms with Crippen LogP contribution in [0.2, 0.25) is 0 Å². The highest BCUT2D eigenvalue weighted by atomic mass is 32.1. The number of nitriles is 1. The Balaban J connectivity index is 1.89. The van der Waals surface area contributed by atoms with Gasteiger partial charge in [-0.25, -0.2) is 4.98 Å². The van der Waals surface area contributed by atoms with E-state index in [2.05, 4.69) is 27.2 Å². The standard InChI is InChI=1S/C17H11N5S/c1-11-5-4-6-12(9-11)16-21-22-14(10-18)15(20-17(22)23-16)13-7-2-3-8-19-13/h2-9H,1H3. The fourth-order valence-corrected chi connectivity index (χ4v) is 3.32. The zero-order valence-electron chi connectivity index (χ0n) is 12.3. The molecule has 6 heteroatoms. The smallest absolute Gasteiger partial charge is 0.214 e. The Morgan fingerprint density at radius 1 is 1.17 bits per heavy atom. The summed E-state index contributed by atoms with van der Waals surface area (Å²) in [5.74, 6) is 0. The van der Waals surface area contributed by atoms with Crippen LogP contribution < -0.4 is 0 Å². The lowest BCUT2D eigenvalue weighted by Gasteiger charge is -1.97. The van der Waals surface area contributed by atoms with E-state index in [0.29, 0.717) is 22.0 Å². The quantitative estimate of drug-likeness (QED) is 0.565. The molecule has 0 aliphatic rings. The third-order valence-electron chi connectivity index (χ3n) is 3.48. The van der Waals surface area contributed by atoms with Gasteiger partial charge in [-0.1, -0.05) is 41.2 Å². The first-order valence-electron chi connectivity index (χ1n) is 7.04. The molecule has 23 heavy (non-hydrogen) atoms. The molecule has 0 fully saturated rings. The van der Waals surface area contributed by atoms with Crippen LogP contribution in [-0.2, 0) is 0 Å². The summed E-state index contributed by atoms with van der Waals surface area (Å²) < 4.78 is 1.60. The predicted octanol–water partition coefficient (Wildman–Crippen LogP) is 3.70. The number of hydrogen-bond donors (Lipinski definition) is 0. The van der Waals surface area contributed by atoms with Crippen molar-refractivity contribution in [3.05, 3.63) is 59.9 Å². The van der Waals surface area contributed by atoms with Crippen LogP contribution in [0.15, 0.2) is 48.7 Å². The van der Waals surface area contributed by atoms with Crippen LogP contribution in [0.3, 0.4) is 0 Å². The number of fused-ring (bicyclic) bond motifs is 1. The van der Waals surface area contributed by atoms with E-state index in [1.165, 1.54) is 16.9 Å². The lowest BCUT2D eigenvalue weighted by atomic mass is 10.1. The lowest BCUT2D eigenvalue weighted by Crippen LogP contribution is -1.92. The molecule has 0 bridgehead atoms. The Kier molecular flexibility index (Phi) is 3.14. The molecule has 0 radical (unpaired) electrons. The van der Waals surface area contributed by atoms with E-state index in [1.807, 2.05) is 43.3 Å². The van der Waals surface area contributed by atoms with Crippen molar-refractivity contribution < 1.29 is 0 Å². The number of aromatic nitrogens is 4. The average Bonchev–Trinajstić information content (AvgIpc) is 3.13. The van der Waals surface area contributed by atoms with Crippen LogP contribution in [0.1, 0.15) is 11.3 Å². The molecule has 4 aromatic rings. The number of aryl methyl sites for hydroxylation is 1. The van der Waals surface area contributed by atoms with Crippen molar-refractivity contribution in [3.8, 4) is 28.0 Å². The second-order valence-electron chi connectivity index (χ2n) is 5.11. The van der Waals surface area contributed by atoms with E-state index in [1.54, 1.807) is 10.7 Å². The van der Waals surface area contributed by atoms with Gasteiger partial charge in [-0.3, -0.25) is 4.98 Å². The second kappa shape index (κ2) is 5.30. The van der Waals surface area contributed by atoms with E-state index < -0.39 is 0 Å². The summed E-state index contributed by atoms with van der Waals surface area (Å²) in [5.41, 5.74) is 3.86. The highest BCUT2D eigenvalue weighted by Gasteiger charge is 2.19. The molecule has 0 aliphatic carbocycles. The molecule has 110 valence electrons. The Morgan fingerprint density at radius 2 is 2.09 bits per heavy atom. The predicted molar refractivity (Wildman–Crippen MR) is 89.0 cm³/mol. The maximum atomic E-state index is 9.52. The SMILES string of the molecule is Cc1cccc(-c2nn3c(C#N)c(-c4ccccn4)nc3s2)c1. The third-order valence-corrected chi connectivity index (χ3v) is 4.44. The van der Waals surface area contributed by atoms with Gasteiger partial charge in [0.15, 0.2) is 5.69 Å². The Morgan fingerprint density at radius 3 is 2.83 bits per heavy atom. The molecule has 0 N–H and O–H groups in total. The molecule has 5 nitrogen and oxygen atoms in total. The number of hydrogen-bond acceptors (Lipinski definition) is 5. The van der Waals surface area contributed by atoms with Crippen LogP contribution >= 0.6 is 11.3 Å². The van der Waals surface area contributed by atoms with E-state index in [0.717, 1.165) is 10.6 Å². The average molecular weight is 317 g/mol. The van der Waals surface area contributed by atoms with Crippen LogP contribution in [0.5, 0.6) is 0 Å². The molecule has 0 saturated heterocycles. The molecule has 0 saturated carbocycles. The number of rotatable bonds is 2. The molecule has 3 aromatic heterocycles. The Hall–Kier alpha value is -3.04. The van der Waals surface area contributed by atoms with Crippen molar-refractivity contribution in [2.75, 3.05) is 0 Å². The molecule has 4 rings (SSSR count). The van der Waals surface area contributed by atoms with E-state index in [9.17, 15) is 5.26 Å². The zero-order valence-corrected chi connectivity index (χ0v) is 13.1. The minimum atomic E-state index is 0.411.